The highest BCUT2D eigenvalue weighted by molar-refractivity contribution is 6.10. The van der Waals surface area contributed by atoms with E-state index in [1.807, 2.05) is 0 Å². The number of hydrogen-bond donors (Lipinski definition) is 3. The Morgan fingerprint density at radius 1 is 0.929 bits per heavy atom. The van der Waals surface area contributed by atoms with Crippen LogP contribution in [0.1, 0.15) is 27.6 Å². The number of rotatable bonds is 6. The lowest BCUT2D eigenvalue weighted by Crippen LogP contribution is -2.16. The number of amides is 2. The summed E-state index contributed by atoms with van der Waals surface area (Å²) in [6.45, 7) is 1.46. The standard InChI is InChI=1S/C20H18N2O6/c1-12(10-17(23)21-16-5-3-4-14(11-16)19(25)26)18(24)22-15-8-6-13(7-9-15)20(27)28-2/h3-11H,1-2H3,(H,21,23)(H,22,24)(H,25,26)/b12-10+. The molecular formula is C20H18N2O6. The van der Waals surface area contributed by atoms with E-state index in [0.29, 0.717) is 16.9 Å². The molecular weight excluding hydrogens is 364 g/mol. The Bertz CT molecular complexity index is 947. The Balaban J connectivity index is 2.00. The molecule has 0 heterocycles. The monoisotopic (exact) mass is 382 g/mol. The first kappa shape index (κ1) is 20.4. The van der Waals surface area contributed by atoms with Crippen LogP contribution in [0.5, 0.6) is 0 Å². The molecule has 2 rings (SSSR count). The Labute approximate surface area is 160 Å². The summed E-state index contributed by atoms with van der Waals surface area (Å²) in [5, 5.41) is 14.1. The number of nitrogens with one attached hydrogen (secondary N) is 2. The van der Waals surface area contributed by atoms with Crippen molar-refractivity contribution >= 4 is 35.1 Å². The van der Waals surface area contributed by atoms with Crippen LogP contribution < -0.4 is 10.6 Å². The van der Waals surface area contributed by atoms with Crippen LogP contribution in [0.2, 0.25) is 0 Å². The molecule has 0 aromatic heterocycles. The topological polar surface area (TPSA) is 122 Å². The highest BCUT2D eigenvalue weighted by Crippen LogP contribution is 2.13. The number of hydrogen-bond acceptors (Lipinski definition) is 5. The minimum absolute atomic E-state index is 0.0339. The molecule has 144 valence electrons. The van der Waals surface area contributed by atoms with Gasteiger partial charge in [-0.3, -0.25) is 9.59 Å². The third kappa shape index (κ3) is 5.53. The molecule has 0 spiro atoms. The number of ether oxygens (including phenoxy) is 1. The predicted molar refractivity (Wildman–Crippen MR) is 102 cm³/mol. The molecule has 28 heavy (non-hydrogen) atoms. The molecule has 0 radical (unpaired) electrons. The molecule has 0 saturated carbocycles. The number of aromatic carboxylic acids is 1. The largest absolute Gasteiger partial charge is 0.478 e. The number of methoxy groups -OCH3 is 1. The smallest absolute Gasteiger partial charge is 0.337 e. The number of carbonyl (C=O) groups excluding carboxylic acids is 3. The second kappa shape index (κ2) is 9.13. The Morgan fingerprint density at radius 2 is 1.61 bits per heavy atom. The van der Waals surface area contributed by atoms with Gasteiger partial charge in [-0.1, -0.05) is 6.07 Å². The van der Waals surface area contributed by atoms with Gasteiger partial charge in [-0.2, -0.15) is 0 Å². The summed E-state index contributed by atoms with van der Waals surface area (Å²) in [6, 6.07) is 11.8. The van der Waals surface area contributed by atoms with Crippen LogP contribution in [0.15, 0.2) is 60.2 Å². The molecule has 0 aliphatic heterocycles. The predicted octanol–water partition coefficient (Wildman–Crippen LogP) is 2.69. The van der Waals surface area contributed by atoms with E-state index >= 15 is 0 Å². The number of anilines is 2. The number of carboxylic acids is 1. The van der Waals surface area contributed by atoms with Gasteiger partial charge in [-0.25, -0.2) is 9.59 Å². The number of benzene rings is 2. The van der Waals surface area contributed by atoms with Gasteiger partial charge in [-0.05, 0) is 49.4 Å². The molecule has 3 N–H and O–H groups in total. The van der Waals surface area contributed by atoms with Crippen molar-refractivity contribution in [2.75, 3.05) is 17.7 Å². The van der Waals surface area contributed by atoms with Gasteiger partial charge >= 0.3 is 11.9 Å². The number of carbonyl (C=O) groups is 4. The molecule has 0 bridgehead atoms. The van der Waals surface area contributed by atoms with Crippen molar-refractivity contribution in [3.8, 4) is 0 Å². The van der Waals surface area contributed by atoms with Crippen molar-refractivity contribution in [1.82, 2.24) is 0 Å². The molecule has 0 fully saturated rings. The van der Waals surface area contributed by atoms with E-state index in [-0.39, 0.29) is 11.1 Å². The van der Waals surface area contributed by atoms with Crippen molar-refractivity contribution in [2.45, 2.75) is 6.92 Å². The maximum atomic E-state index is 12.2. The first-order chi connectivity index (χ1) is 13.3. The normalized spacial score (nSPS) is 10.7. The average molecular weight is 382 g/mol. The lowest BCUT2D eigenvalue weighted by atomic mass is 10.2. The van der Waals surface area contributed by atoms with Gasteiger partial charge in [0.1, 0.15) is 0 Å². The molecule has 0 atom stereocenters. The van der Waals surface area contributed by atoms with Gasteiger partial charge in [0.05, 0.1) is 18.2 Å². The summed E-state index contributed by atoms with van der Waals surface area (Å²) in [5.41, 5.74) is 1.26. The fraction of sp³-hybridized carbons (Fsp3) is 0.100. The van der Waals surface area contributed by atoms with E-state index in [0.717, 1.165) is 6.08 Å². The molecule has 0 saturated heterocycles. The molecule has 2 amide bonds. The average Bonchev–Trinajstić information content (AvgIpc) is 2.67. The molecule has 0 unspecified atom stereocenters. The first-order valence-electron chi connectivity index (χ1n) is 8.12. The minimum atomic E-state index is -1.11. The summed E-state index contributed by atoms with van der Waals surface area (Å²) in [5.74, 6) is -2.67. The molecule has 8 heteroatoms. The molecule has 2 aromatic carbocycles. The summed E-state index contributed by atoms with van der Waals surface area (Å²) >= 11 is 0. The van der Waals surface area contributed by atoms with Gasteiger partial charge < -0.3 is 20.5 Å². The summed E-state index contributed by atoms with van der Waals surface area (Å²) in [4.78, 5) is 46.6. The van der Waals surface area contributed by atoms with Crippen molar-refractivity contribution < 1.29 is 29.0 Å². The fourth-order valence-electron chi connectivity index (χ4n) is 2.21. The third-order valence-electron chi connectivity index (χ3n) is 3.65. The minimum Gasteiger partial charge on any atom is -0.478 e. The van der Waals surface area contributed by atoms with Crippen LogP contribution in [0.25, 0.3) is 0 Å². The summed E-state index contributed by atoms with van der Waals surface area (Å²) in [6.07, 6.45) is 1.10. The SMILES string of the molecule is COC(=O)c1ccc(NC(=O)/C(C)=C/C(=O)Nc2cccc(C(=O)O)c2)cc1. The molecule has 2 aromatic rings. The van der Waals surface area contributed by atoms with Crippen LogP contribution in [0.4, 0.5) is 11.4 Å². The Kier molecular flexibility index (Phi) is 6.64. The van der Waals surface area contributed by atoms with Gasteiger partial charge in [-0.15, -0.1) is 0 Å². The van der Waals surface area contributed by atoms with E-state index in [1.165, 1.54) is 62.6 Å². The molecule has 8 nitrogen and oxygen atoms in total. The van der Waals surface area contributed by atoms with E-state index in [4.69, 9.17) is 5.11 Å². The number of carboxylic acid groups (broad SMARTS) is 1. The first-order valence-corrected chi connectivity index (χ1v) is 8.12. The van der Waals surface area contributed by atoms with Crippen LogP contribution in [-0.4, -0.2) is 36.0 Å². The zero-order valence-electron chi connectivity index (χ0n) is 15.2. The van der Waals surface area contributed by atoms with Gasteiger partial charge in [0.25, 0.3) is 5.91 Å². The van der Waals surface area contributed by atoms with E-state index in [2.05, 4.69) is 15.4 Å². The maximum absolute atomic E-state index is 12.2. The maximum Gasteiger partial charge on any atom is 0.337 e. The van der Waals surface area contributed by atoms with Gasteiger partial charge in [0.15, 0.2) is 0 Å². The second-order valence-electron chi connectivity index (χ2n) is 5.73. The fourth-order valence-corrected chi connectivity index (χ4v) is 2.21. The third-order valence-corrected chi connectivity index (χ3v) is 3.65. The van der Waals surface area contributed by atoms with Crippen LogP contribution in [0.3, 0.4) is 0 Å². The van der Waals surface area contributed by atoms with E-state index < -0.39 is 23.8 Å². The summed E-state index contributed by atoms with van der Waals surface area (Å²) < 4.78 is 4.60. The lowest BCUT2D eigenvalue weighted by Gasteiger charge is -2.07. The quantitative estimate of drug-likeness (QED) is 0.522. The van der Waals surface area contributed by atoms with Crippen molar-refractivity contribution in [3.05, 3.63) is 71.3 Å². The van der Waals surface area contributed by atoms with Crippen molar-refractivity contribution in [3.63, 3.8) is 0 Å². The van der Waals surface area contributed by atoms with Crippen LogP contribution >= 0.6 is 0 Å². The molecule has 0 aliphatic carbocycles. The Morgan fingerprint density at radius 3 is 2.21 bits per heavy atom. The Hall–Kier alpha value is -3.94. The van der Waals surface area contributed by atoms with Crippen LogP contribution in [-0.2, 0) is 14.3 Å². The highest BCUT2D eigenvalue weighted by atomic mass is 16.5. The van der Waals surface area contributed by atoms with E-state index in [1.54, 1.807) is 0 Å². The van der Waals surface area contributed by atoms with Gasteiger partial charge in [0.2, 0.25) is 5.91 Å². The zero-order valence-corrected chi connectivity index (χ0v) is 15.2. The second-order valence-corrected chi connectivity index (χ2v) is 5.73. The van der Waals surface area contributed by atoms with Crippen molar-refractivity contribution in [2.24, 2.45) is 0 Å². The molecule has 0 aliphatic rings. The summed E-state index contributed by atoms with van der Waals surface area (Å²) in [7, 11) is 1.27. The number of esters is 1. The van der Waals surface area contributed by atoms with Gasteiger partial charge in [0, 0.05) is 23.0 Å². The lowest BCUT2D eigenvalue weighted by molar-refractivity contribution is -0.114. The van der Waals surface area contributed by atoms with Crippen LogP contribution in [0, 0.1) is 0 Å². The van der Waals surface area contributed by atoms with Crippen molar-refractivity contribution in [1.29, 1.82) is 0 Å². The highest BCUT2D eigenvalue weighted by Gasteiger charge is 2.10. The van der Waals surface area contributed by atoms with E-state index in [9.17, 15) is 19.2 Å². The zero-order chi connectivity index (χ0) is 20.7.